The van der Waals surface area contributed by atoms with Crippen LogP contribution in [0, 0.1) is 0 Å². The predicted molar refractivity (Wildman–Crippen MR) is 33.2 cm³/mol. The van der Waals surface area contributed by atoms with E-state index in [1.807, 2.05) is 0 Å². The van der Waals surface area contributed by atoms with Crippen molar-refractivity contribution in [2.75, 3.05) is 6.61 Å². The molecule has 1 amide bonds. The van der Waals surface area contributed by atoms with Gasteiger partial charge in [-0.15, -0.1) is 0 Å². The van der Waals surface area contributed by atoms with Gasteiger partial charge < -0.3 is 10.1 Å². The molecule has 0 atom stereocenters. The second kappa shape index (κ2) is 1.97. The Morgan fingerprint density at radius 3 is 2.50 bits per heavy atom. The van der Waals surface area contributed by atoms with Gasteiger partial charge in [-0.25, -0.2) is 4.79 Å². The van der Waals surface area contributed by atoms with Gasteiger partial charge in [-0.05, 0) is 13.8 Å². The number of rotatable bonds is 0. The lowest BCUT2D eigenvalue weighted by Gasteiger charge is -2.29. The molecule has 0 aromatic heterocycles. The van der Waals surface area contributed by atoms with Crippen LogP contribution in [0.1, 0.15) is 13.8 Å². The van der Waals surface area contributed by atoms with Crippen LogP contribution in [-0.4, -0.2) is 24.0 Å². The number of morpholine rings is 1. The molecule has 1 saturated heterocycles. The van der Waals surface area contributed by atoms with Crippen LogP contribution in [-0.2, 0) is 14.3 Å². The third-order valence-corrected chi connectivity index (χ3v) is 1.20. The largest absolute Gasteiger partial charge is 0.456 e. The van der Waals surface area contributed by atoms with Gasteiger partial charge in [0.1, 0.15) is 6.61 Å². The standard InChI is InChI=1S/C6H9NO3/c1-6(2)3-10-5(9)4(8)7-6/h3H2,1-2H3,(H,7,8). The van der Waals surface area contributed by atoms with Crippen molar-refractivity contribution in [3.63, 3.8) is 0 Å². The number of amides is 1. The Hall–Kier alpha value is -1.06. The molecule has 0 aliphatic carbocycles. The summed E-state index contributed by atoms with van der Waals surface area (Å²) in [6, 6.07) is 0. The van der Waals surface area contributed by atoms with Crippen molar-refractivity contribution in [3.05, 3.63) is 0 Å². The maximum Gasteiger partial charge on any atom is 0.396 e. The fourth-order valence-corrected chi connectivity index (χ4v) is 0.706. The normalized spacial score (nSPS) is 23.4. The number of nitrogens with one attached hydrogen (secondary N) is 1. The van der Waals surface area contributed by atoms with E-state index in [2.05, 4.69) is 10.1 Å². The third kappa shape index (κ3) is 1.26. The minimum Gasteiger partial charge on any atom is -0.456 e. The van der Waals surface area contributed by atoms with Crippen molar-refractivity contribution < 1.29 is 14.3 Å². The summed E-state index contributed by atoms with van der Waals surface area (Å²) in [5.41, 5.74) is -0.412. The average molecular weight is 143 g/mol. The number of cyclic esters (lactones) is 1. The molecule has 0 aromatic rings. The van der Waals surface area contributed by atoms with Gasteiger partial charge in [0.25, 0.3) is 0 Å². The smallest absolute Gasteiger partial charge is 0.396 e. The van der Waals surface area contributed by atoms with E-state index < -0.39 is 17.4 Å². The van der Waals surface area contributed by atoms with Crippen LogP contribution in [0.4, 0.5) is 0 Å². The fraction of sp³-hybridized carbons (Fsp3) is 0.667. The number of carbonyl (C=O) groups is 2. The number of ether oxygens (including phenoxy) is 1. The van der Waals surface area contributed by atoms with Crippen LogP contribution in [0.25, 0.3) is 0 Å². The van der Waals surface area contributed by atoms with Gasteiger partial charge in [0.2, 0.25) is 0 Å². The first-order valence-corrected chi connectivity index (χ1v) is 3.00. The summed E-state index contributed by atoms with van der Waals surface area (Å²) in [5.74, 6) is -1.45. The Balaban J connectivity index is 2.66. The van der Waals surface area contributed by atoms with E-state index in [0.29, 0.717) is 0 Å². The van der Waals surface area contributed by atoms with E-state index in [0.717, 1.165) is 0 Å². The molecule has 1 N–H and O–H groups in total. The van der Waals surface area contributed by atoms with Crippen LogP contribution >= 0.6 is 0 Å². The highest BCUT2D eigenvalue weighted by Gasteiger charge is 2.32. The molecule has 4 nitrogen and oxygen atoms in total. The molecule has 0 saturated carbocycles. The molecule has 4 heteroatoms. The summed E-state index contributed by atoms with van der Waals surface area (Å²) in [4.78, 5) is 21.1. The van der Waals surface area contributed by atoms with E-state index in [1.54, 1.807) is 13.8 Å². The van der Waals surface area contributed by atoms with Crippen LogP contribution in [0.3, 0.4) is 0 Å². The molecule has 0 spiro atoms. The van der Waals surface area contributed by atoms with Crippen molar-refractivity contribution in [1.82, 2.24) is 5.32 Å². The SMILES string of the molecule is CC1(C)COC(=O)C(=O)N1. The first kappa shape index (κ1) is 7.05. The molecule has 10 heavy (non-hydrogen) atoms. The molecule has 0 radical (unpaired) electrons. The summed E-state index contributed by atoms with van der Waals surface area (Å²) >= 11 is 0. The molecular formula is C6H9NO3. The van der Waals surface area contributed by atoms with Gasteiger partial charge in [-0.3, -0.25) is 4.79 Å². The fourth-order valence-electron chi connectivity index (χ4n) is 0.706. The van der Waals surface area contributed by atoms with E-state index >= 15 is 0 Å². The topological polar surface area (TPSA) is 55.4 Å². The molecule has 1 heterocycles. The lowest BCUT2D eigenvalue weighted by molar-refractivity contribution is -0.162. The van der Waals surface area contributed by atoms with Gasteiger partial charge >= 0.3 is 11.9 Å². The number of carbonyl (C=O) groups excluding carboxylic acids is 2. The minimum absolute atomic E-state index is 0.248. The van der Waals surface area contributed by atoms with Crippen molar-refractivity contribution in [3.8, 4) is 0 Å². The Labute approximate surface area is 58.5 Å². The zero-order valence-electron chi connectivity index (χ0n) is 5.93. The highest BCUT2D eigenvalue weighted by Crippen LogP contribution is 2.07. The Bertz CT molecular complexity index is 185. The van der Waals surface area contributed by atoms with Gasteiger partial charge in [-0.2, -0.15) is 0 Å². The van der Waals surface area contributed by atoms with E-state index in [9.17, 15) is 9.59 Å². The van der Waals surface area contributed by atoms with Gasteiger partial charge in [-0.1, -0.05) is 0 Å². The summed E-state index contributed by atoms with van der Waals surface area (Å²) in [6.07, 6.45) is 0. The Morgan fingerprint density at radius 2 is 2.10 bits per heavy atom. The van der Waals surface area contributed by atoms with Gasteiger partial charge in [0.05, 0.1) is 5.54 Å². The van der Waals surface area contributed by atoms with E-state index in [-0.39, 0.29) is 6.61 Å². The van der Waals surface area contributed by atoms with E-state index in [4.69, 9.17) is 0 Å². The second-order valence-electron chi connectivity index (χ2n) is 2.91. The zero-order valence-corrected chi connectivity index (χ0v) is 5.93. The first-order valence-electron chi connectivity index (χ1n) is 3.00. The molecule has 1 fully saturated rings. The van der Waals surface area contributed by atoms with Crippen molar-refractivity contribution in [1.29, 1.82) is 0 Å². The molecule has 1 aliphatic heterocycles. The number of hydrogen-bond donors (Lipinski definition) is 1. The lowest BCUT2D eigenvalue weighted by atomic mass is 10.1. The summed E-state index contributed by atoms with van der Waals surface area (Å²) in [7, 11) is 0. The van der Waals surface area contributed by atoms with Crippen molar-refractivity contribution in [2.45, 2.75) is 19.4 Å². The maximum atomic E-state index is 10.6. The van der Waals surface area contributed by atoms with E-state index in [1.165, 1.54) is 0 Å². The average Bonchev–Trinajstić information content (AvgIpc) is 1.79. The molecule has 1 rings (SSSR count). The van der Waals surface area contributed by atoms with Crippen molar-refractivity contribution >= 4 is 11.9 Å². The van der Waals surface area contributed by atoms with Gasteiger partial charge in [0.15, 0.2) is 0 Å². The monoisotopic (exact) mass is 143 g/mol. The molecule has 0 bridgehead atoms. The summed E-state index contributed by atoms with van der Waals surface area (Å²) in [6.45, 7) is 3.83. The van der Waals surface area contributed by atoms with Crippen LogP contribution in [0.5, 0.6) is 0 Å². The number of esters is 1. The minimum atomic E-state index is -0.792. The molecular weight excluding hydrogens is 134 g/mol. The first-order chi connectivity index (χ1) is 4.51. The second-order valence-corrected chi connectivity index (χ2v) is 2.91. The van der Waals surface area contributed by atoms with Crippen LogP contribution < -0.4 is 5.32 Å². The molecule has 1 aliphatic rings. The predicted octanol–water partition coefficient (Wildman–Crippen LogP) is -0.562. The highest BCUT2D eigenvalue weighted by molar-refractivity contribution is 6.33. The van der Waals surface area contributed by atoms with Crippen molar-refractivity contribution in [2.24, 2.45) is 0 Å². The molecule has 0 aromatic carbocycles. The molecule has 56 valence electrons. The number of hydrogen-bond acceptors (Lipinski definition) is 3. The summed E-state index contributed by atoms with van der Waals surface area (Å²) < 4.78 is 4.55. The summed E-state index contributed by atoms with van der Waals surface area (Å²) in [5, 5.41) is 2.49. The highest BCUT2D eigenvalue weighted by atomic mass is 16.5. The Kier molecular flexibility index (Phi) is 1.39. The maximum absolute atomic E-state index is 10.6. The third-order valence-electron chi connectivity index (χ3n) is 1.20. The van der Waals surface area contributed by atoms with Crippen LogP contribution in [0.2, 0.25) is 0 Å². The molecule has 0 unspecified atom stereocenters. The van der Waals surface area contributed by atoms with Gasteiger partial charge in [0, 0.05) is 0 Å². The Morgan fingerprint density at radius 1 is 1.50 bits per heavy atom. The zero-order chi connectivity index (χ0) is 7.78. The lowest BCUT2D eigenvalue weighted by Crippen LogP contribution is -2.55. The van der Waals surface area contributed by atoms with Crippen LogP contribution in [0.15, 0.2) is 0 Å². The quantitative estimate of drug-likeness (QED) is 0.365.